The van der Waals surface area contributed by atoms with Gasteiger partial charge in [0.2, 0.25) is 0 Å². The maximum absolute atomic E-state index is 12.7. The van der Waals surface area contributed by atoms with E-state index in [1.165, 1.54) is 0 Å². The molecule has 0 saturated carbocycles. The third-order valence-electron chi connectivity index (χ3n) is 4.14. The minimum absolute atomic E-state index is 0.231. The maximum atomic E-state index is 12.7. The Bertz CT molecular complexity index is 987. The van der Waals surface area contributed by atoms with Gasteiger partial charge in [0.05, 0.1) is 25.0 Å². The van der Waals surface area contributed by atoms with Crippen LogP contribution < -0.4 is 15.4 Å². The van der Waals surface area contributed by atoms with Crippen LogP contribution in [0.25, 0.3) is 0 Å². The molecule has 1 aromatic heterocycles. The van der Waals surface area contributed by atoms with Crippen molar-refractivity contribution in [2.75, 3.05) is 25.6 Å². The summed E-state index contributed by atoms with van der Waals surface area (Å²) in [7, 11) is 1.58. The molecule has 2 aromatic carbocycles. The summed E-state index contributed by atoms with van der Waals surface area (Å²) in [5.74, 6) is 0.579. The Morgan fingerprint density at radius 2 is 1.83 bits per heavy atom. The van der Waals surface area contributed by atoms with E-state index >= 15 is 0 Å². The van der Waals surface area contributed by atoms with Crippen LogP contribution in [-0.4, -0.2) is 32.1 Å². The SMILES string of the molecule is COCCOc1ccc(Br)cc1C(=O)Nc1ccc(C(=O)NCc2ccco2)cc1. The molecule has 0 aliphatic rings. The van der Waals surface area contributed by atoms with Crippen molar-refractivity contribution in [3.05, 3.63) is 82.2 Å². The first-order chi connectivity index (χ1) is 14.6. The molecule has 0 aliphatic carbocycles. The van der Waals surface area contributed by atoms with Gasteiger partial charge in [-0.2, -0.15) is 0 Å². The number of carbonyl (C=O) groups is 2. The lowest BCUT2D eigenvalue weighted by Gasteiger charge is -2.12. The maximum Gasteiger partial charge on any atom is 0.259 e. The summed E-state index contributed by atoms with van der Waals surface area (Å²) in [5, 5.41) is 5.59. The Balaban J connectivity index is 1.63. The van der Waals surface area contributed by atoms with E-state index in [4.69, 9.17) is 13.9 Å². The average Bonchev–Trinajstić information content (AvgIpc) is 3.27. The molecular formula is C22H21BrN2O5. The third-order valence-corrected chi connectivity index (χ3v) is 4.63. The lowest BCUT2D eigenvalue weighted by molar-refractivity contribution is 0.0947. The van der Waals surface area contributed by atoms with Gasteiger partial charge >= 0.3 is 0 Å². The molecule has 0 radical (unpaired) electrons. The summed E-state index contributed by atoms with van der Waals surface area (Å²) in [6, 6.07) is 15.4. The van der Waals surface area contributed by atoms with Crippen LogP contribution in [0, 0.1) is 0 Å². The van der Waals surface area contributed by atoms with Crippen LogP contribution in [0.15, 0.2) is 69.8 Å². The smallest absolute Gasteiger partial charge is 0.259 e. The van der Waals surface area contributed by atoms with E-state index in [1.807, 2.05) is 0 Å². The number of carbonyl (C=O) groups excluding carboxylic acids is 2. The second kappa shape index (κ2) is 10.6. The van der Waals surface area contributed by atoms with E-state index in [1.54, 1.807) is 68.0 Å². The van der Waals surface area contributed by atoms with Crippen LogP contribution >= 0.6 is 15.9 Å². The highest BCUT2D eigenvalue weighted by Gasteiger charge is 2.14. The number of halogens is 1. The van der Waals surface area contributed by atoms with Crippen molar-refractivity contribution in [3.8, 4) is 5.75 Å². The van der Waals surface area contributed by atoms with Crippen molar-refractivity contribution in [2.45, 2.75) is 6.54 Å². The van der Waals surface area contributed by atoms with E-state index in [0.29, 0.717) is 48.1 Å². The highest BCUT2D eigenvalue weighted by molar-refractivity contribution is 9.10. The molecule has 7 nitrogen and oxygen atoms in total. The van der Waals surface area contributed by atoms with E-state index < -0.39 is 0 Å². The van der Waals surface area contributed by atoms with Gasteiger partial charge in [0.25, 0.3) is 11.8 Å². The van der Waals surface area contributed by atoms with Gasteiger partial charge in [0.15, 0.2) is 0 Å². The van der Waals surface area contributed by atoms with Crippen molar-refractivity contribution in [1.29, 1.82) is 0 Å². The fraction of sp³-hybridized carbons (Fsp3) is 0.182. The number of anilines is 1. The fourth-order valence-corrected chi connectivity index (χ4v) is 2.99. The monoisotopic (exact) mass is 472 g/mol. The number of nitrogens with one attached hydrogen (secondary N) is 2. The lowest BCUT2D eigenvalue weighted by Crippen LogP contribution is -2.22. The summed E-state index contributed by atoms with van der Waals surface area (Å²) in [6.07, 6.45) is 1.55. The molecule has 156 valence electrons. The molecule has 0 atom stereocenters. The number of furan rings is 1. The first-order valence-electron chi connectivity index (χ1n) is 9.20. The Morgan fingerprint density at radius 3 is 2.53 bits per heavy atom. The Kier molecular flexibility index (Phi) is 7.64. The van der Waals surface area contributed by atoms with E-state index in [2.05, 4.69) is 26.6 Å². The van der Waals surface area contributed by atoms with Crippen LogP contribution in [0.1, 0.15) is 26.5 Å². The summed E-state index contributed by atoms with van der Waals surface area (Å²) < 4.78 is 16.6. The second-order valence-electron chi connectivity index (χ2n) is 6.28. The molecular weight excluding hydrogens is 452 g/mol. The van der Waals surface area contributed by atoms with Crippen molar-refractivity contribution < 1.29 is 23.5 Å². The van der Waals surface area contributed by atoms with Crippen molar-refractivity contribution in [3.63, 3.8) is 0 Å². The van der Waals surface area contributed by atoms with Gasteiger partial charge in [-0.3, -0.25) is 9.59 Å². The minimum Gasteiger partial charge on any atom is -0.490 e. The molecule has 0 saturated heterocycles. The minimum atomic E-state index is -0.321. The Morgan fingerprint density at radius 1 is 1.03 bits per heavy atom. The predicted molar refractivity (Wildman–Crippen MR) is 116 cm³/mol. The van der Waals surface area contributed by atoms with E-state index in [-0.39, 0.29) is 11.8 Å². The molecule has 30 heavy (non-hydrogen) atoms. The largest absolute Gasteiger partial charge is 0.490 e. The van der Waals surface area contributed by atoms with Gasteiger partial charge in [0.1, 0.15) is 18.1 Å². The number of ether oxygens (including phenoxy) is 2. The van der Waals surface area contributed by atoms with Crippen LogP contribution in [0.3, 0.4) is 0 Å². The normalized spacial score (nSPS) is 10.5. The standard InChI is InChI=1S/C22H21BrN2O5/c1-28-11-12-30-20-9-6-16(23)13-19(20)22(27)25-17-7-4-15(5-8-17)21(26)24-14-18-3-2-10-29-18/h2-10,13H,11-12,14H2,1H3,(H,24,26)(H,25,27). The zero-order chi connectivity index (χ0) is 21.3. The number of benzene rings is 2. The second-order valence-corrected chi connectivity index (χ2v) is 7.19. The third kappa shape index (κ3) is 5.95. The van der Waals surface area contributed by atoms with Gasteiger partial charge in [-0.05, 0) is 54.6 Å². The van der Waals surface area contributed by atoms with Crippen molar-refractivity contribution in [2.24, 2.45) is 0 Å². The van der Waals surface area contributed by atoms with Gasteiger partial charge in [-0.15, -0.1) is 0 Å². The number of hydrogen-bond acceptors (Lipinski definition) is 5. The molecule has 3 aromatic rings. The number of amides is 2. The topological polar surface area (TPSA) is 89.8 Å². The highest BCUT2D eigenvalue weighted by atomic mass is 79.9. The number of rotatable bonds is 9. The summed E-state index contributed by atoms with van der Waals surface area (Å²) in [5.41, 5.74) is 1.43. The van der Waals surface area contributed by atoms with Crippen LogP contribution in [0.2, 0.25) is 0 Å². The van der Waals surface area contributed by atoms with Gasteiger partial charge in [0, 0.05) is 22.8 Å². The average molecular weight is 473 g/mol. The van der Waals surface area contributed by atoms with Gasteiger partial charge in [-0.1, -0.05) is 15.9 Å². The van der Waals surface area contributed by atoms with E-state index in [0.717, 1.165) is 4.47 Å². The Hall–Kier alpha value is -3.10. The molecule has 2 N–H and O–H groups in total. The molecule has 2 amide bonds. The summed E-state index contributed by atoms with van der Waals surface area (Å²) >= 11 is 3.37. The first-order valence-corrected chi connectivity index (χ1v) is 9.99. The quantitative estimate of drug-likeness (QED) is 0.454. The first kappa shape index (κ1) is 21.6. The van der Waals surface area contributed by atoms with Crippen LogP contribution in [0.5, 0.6) is 5.75 Å². The van der Waals surface area contributed by atoms with Crippen LogP contribution in [-0.2, 0) is 11.3 Å². The number of hydrogen-bond donors (Lipinski definition) is 2. The van der Waals surface area contributed by atoms with Crippen LogP contribution in [0.4, 0.5) is 5.69 Å². The molecule has 0 fully saturated rings. The molecule has 3 rings (SSSR count). The van der Waals surface area contributed by atoms with E-state index in [9.17, 15) is 9.59 Å². The van der Waals surface area contributed by atoms with Crippen molar-refractivity contribution >= 4 is 33.4 Å². The summed E-state index contributed by atoms with van der Waals surface area (Å²) in [4.78, 5) is 25.0. The number of methoxy groups -OCH3 is 1. The molecule has 1 heterocycles. The van der Waals surface area contributed by atoms with Crippen molar-refractivity contribution in [1.82, 2.24) is 5.32 Å². The molecule has 8 heteroatoms. The van der Waals surface area contributed by atoms with Gasteiger partial charge < -0.3 is 24.5 Å². The predicted octanol–water partition coefficient (Wildman–Crippen LogP) is 4.25. The lowest BCUT2D eigenvalue weighted by atomic mass is 10.1. The van der Waals surface area contributed by atoms with Gasteiger partial charge in [-0.25, -0.2) is 0 Å². The summed E-state index contributed by atoms with van der Waals surface area (Å²) in [6.45, 7) is 1.06. The zero-order valence-electron chi connectivity index (χ0n) is 16.3. The molecule has 0 bridgehead atoms. The molecule has 0 aliphatic heterocycles. The molecule has 0 spiro atoms. The fourth-order valence-electron chi connectivity index (χ4n) is 2.63. The molecule has 0 unspecified atom stereocenters. The Labute approximate surface area is 182 Å². The highest BCUT2D eigenvalue weighted by Crippen LogP contribution is 2.24. The zero-order valence-corrected chi connectivity index (χ0v) is 17.9.